The molecule has 9 nitrogen and oxygen atoms in total. The Balaban J connectivity index is 1.83. The van der Waals surface area contributed by atoms with Crippen molar-refractivity contribution in [3.05, 3.63) is 40.0 Å². The Morgan fingerprint density at radius 1 is 1.37 bits per heavy atom. The van der Waals surface area contributed by atoms with Crippen molar-refractivity contribution in [2.75, 3.05) is 6.61 Å². The van der Waals surface area contributed by atoms with Crippen LogP contribution in [0, 0.1) is 5.92 Å². The summed E-state index contributed by atoms with van der Waals surface area (Å²) in [6.45, 7) is 5.25. The van der Waals surface area contributed by atoms with Gasteiger partial charge in [0.2, 0.25) is 23.2 Å². The zero-order valence-electron chi connectivity index (χ0n) is 16.6. The first-order valence-corrected chi connectivity index (χ1v) is 10.0. The summed E-state index contributed by atoms with van der Waals surface area (Å²) in [4.78, 5) is 25.3. The average molecular weight is 437 g/mol. The molecular formula is C20H21ClN2O7. The summed E-state index contributed by atoms with van der Waals surface area (Å²) in [5.41, 5.74) is -1.11. The first kappa shape index (κ1) is 20.8. The fourth-order valence-electron chi connectivity index (χ4n) is 4.09. The predicted octanol–water partition coefficient (Wildman–Crippen LogP) is 2.52. The second-order valence-electron chi connectivity index (χ2n) is 7.57. The van der Waals surface area contributed by atoms with Crippen molar-refractivity contribution >= 4 is 28.7 Å². The van der Waals surface area contributed by atoms with Crippen LogP contribution in [0.3, 0.4) is 0 Å². The zero-order chi connectivity index (χ0) is 21.8. The third kappa shape index (κ3) is 2.91. The molecule has 2 N–H and O–H groups in total. The molecule has 0 radical (unpaired) electrons. The number of Topliss-reactive ketones (excluding diaryl/α,β-unsaturated/α-hetero) is 1. The first-order valence-electron chi connectivity index (χ1n) is 9.65. The number of carbonyl (C=O) groups excluding carboxylic acids is 2. The molecule has 1 aromatic rings. The van der Waals surface area contributed by atoms with Crippen LogP contribution in [0.15, 0.2) is 32.6 Å². The number of allylic oxidation sites excluding steroid dienone is 2. The lowest BCUT2D eigenvalue weighted by Gasteiger charge is -2.35. The van der Waals surface area contributed by atoms with E-state index in [0.717, 1.165) is 6.08 Å². The molecule has 30 heavy (non-hydrogen) atoms. The van der Waals surface area contributed by atoms with E-state index >= 15 is 0 Å². The Hall–Kier alpha value is -2.49. The molecule has 160 valence electrons. The SMILES string of the molecule is CCOC1CC(c2nnc([C@H](C)O)o2)=C(Cl)C2=C1C(=O)[C@@]1(O2)C(O)=CC(=O)C[C@H]1C. The third-order valence-electron chi connectivity index (χ3n) is 5.57. The normalized spacial score (nSPS) is 30.0. The van der Waals surface area contributed by atoms with Gasteiger partial charge in [-0.05, 0) is 13.8 Å². The summed E-state index contributed by atoms with van der Waals surface area (Å²) >= 11 is 6.60. The van der Waals surface area contributed by atoms with Gasteiger partial charge in [-0.25, -0.2) is 0 Å². The lowest BCUT2D eigenvalue weighted by atomic mass is 9.74. The molecule has 0 saturated carbocycles. The van der Waals surface area contributed by atoms with Crippen molar-refractivity contribution in [2.45, 2.75) is 51.4 Å². The van der Waals surface area contributed by atoms with Gasteiger partial charge in [0.1, 0.15) is 17.6 Å². The molecule has 0 bridgehead atoms. The number of aliphatic hydroxyl groups excluding tert-OH is 2. The zero-order valence-corrected chi connectivity index (χ0v) is 17.4. The van der Waals surface area contributed by atoms with Crippen LogP contribution in [-0.4, -0.2) is 50.3 Å². The molecule has 1 spiro atoms. The van der Waals surface area contributed by atoms with Gasteiger partial charge in [0.25, 0.3) is 0 Å². The second-order valence-corrected chi connectivity index (χ2v) is 7.95. The van der Waals surface area contributed by atoms with Crippen molar-refractivity contribution in [2.24, 2.45) is 5.92 Å². The molecule has 0 saturated heterocycles. The highest BCUT2D eigenvalue weighted by Gasteiger charge is 2.61. The van der Waals surface area contributed by atoms with E-state index in [1.165, 1.54) is 6.92 Å². The van der Waals surface area contributed by atoms with Crippen LogP contribution in [0.4, 0.5) is 0 Å². The molecule has 10 heteroatoms. The lowest BCUT2D eigenvalue weighted by molar-refractivity contribution is -0.138. The summed E-state index contributed by atoms with van der Waals surface area (Å²) in [7, 11) is 0. The molecule has 1 unspecified atom stereocenters. The molecule has 3 aliphatic rings. The number of hydrogen-bond donors (Lipinski definition) is 2. The van der Waals surface area contributed by atoms with Gasteiger partial charge < -0.3 is 24.1 Å². The third-order valence-corrected chi connectivity index (χ3v) is 5.97. The Morgan fingerprint density at radius 2 is 2.10 bits per heavy atom. The van der Waals surface area contributed by atoms with Crippen LogP contribution in [0.1, 0.15) is 51.5 Å². The van der Waals surface area contributed by atoms with Gasteiger partial charge in [-0.1, -0.05) is 18.5 Å². The van der Waals surface area contributed by atoms with Crippen molar-refractivity contribution in [3.8, 4) is 0 Å². The molecule has 4 atom stereocenters. The van der Waals surface area contributed by atoms with Gasteiger partial charge in [-0.3, -0.25) is 9.59 Å². The minimum absolute atomic E-state index is 0.0228. The Kier molecular flexibility index (Phi) is 5.08. The number of aromatic nitrogens is 2. The first-order chi connectivity index (χ1) is 14.2. The van der Waals surface area contributed by atoms with Crippen LogP contribution in [0.2, 0.25) is 0 Å². The number of ether oxygens (including phenoxy) is 2. The number of hydrogen-bond acceptors (Lipinski definition) is 9. The molecular weight excluding hydrogens is 416 g/mol. The number of rotatable bonds is 4. The van der Waals surface area contributed by atoms with Gasteiger partial charge in [0.05, 0.1) is 16.7 Å². The number of carbonyl (C=O) groups is 2. The fourth-order valence-corrected chi connectivity index (χ4v) is 4.39. The van der Waals surface area contributed by atoms with Crippen molar-refractivity contribution in [3.63, 3.8) is 0 Å². The van der Waals surface area contributed by atoms with Gasteiger partial charge >= 0.3 is 0 Å². The molecule has 4 rings (SSSR count). The lowest BCUT2D eigenvalue weighted by Crippen LogP contribution is -2.49. The van der Waals surface area contributed by atoms with Crippen molar-refractivity contribution in [1.29, 1.82) is 0 Å². The highest BCUT2D eigenvalue weighted by molar-refractivity contribution is 6.36. The van der Waals surface area contributed by atoms with E-state index in [-0.39, 0.29) is 46.8 Å². The Bertz CT molecular complexity index is 1020. The monoisotopic (exact) mass is 436 g/mol. The maximum absolute atomic E-state index is 13.5. The largest absolute Gasteiger partial charge is 0.507 e. The predicted molar refractivity (Wildman–Crippen MR) is 103 cm³/mol. The fraction of sp³-hybridized carbons (Fsp3) is 0.500. The number of nitrogens with zero attached hydrogens (tertiary/aromatic N) is 2. The van der Waals surface area contributed by atoms with E-state index in [4.69, 9.17) is 25.5 Å². The molecule has 1 aromatic heterocycles. The summed E-state index contributed by atoms with van der Waals surface area (Å²) < 4.78 is 17.3. The number of ketones is 2. The van der Waals surface area contributed by atoms with Gasteiger partial charge in [-0.2, -0.15) is 0 Å². The average Bonchev–Trinajstić information content (AvgIpc) is 3.27. The second kappa shape index (κ2) is 7.33. The highest BCUT2D eigenvalue weighted by atomic mass is 35.5. The quantitative estimate of drug-likeness (QED) is 0.730. The maximum Gasteiger partial charge on any atom is 0.245 e. The minimum atomic E-state index is -1.72. The summed E-state index contributed by atoms with van der Waals surface area (Å²) in [6.07, 6.45) is -0.436. The van der Waals surface area contributed by atoms with Crippen LogP contribution < -0.4 is 0 Å². The molecule has 0 fully saturated rings. The molecule has 1 aliphatic heterocycles. The summed E-state index contributed by atoms with van der Waals surface area (Å²) in [5, 5.41) is 28.1. The Morgan fingerprint density at radius 3 is 2.70 bits per heavy atom. The Labute approximate surface area is 177 Å². The van der Waals surface area contributed by atoms with Gasteiger partial charge in [0.15, 0.2) is 5.78 Å². The molecule has 0 aromatic carbocycles. The van der Waals surface area contributed by atoms with Crippen molar-refractivity contribution in [1.82, 2.24) is 10.2 Å². The van der Waals surface area contributed by atoms with Crippen LogP contribution in [0.25, 0.3) is 5.57 Å². The van der Waals surface area contributed by atoms with E-state index in [0.29, 0.717) is 12.2 Å². The van der Waals surface area contributed by atoms with Crippen LogP contribution >= 0.6 is 11.6 Å². The van der Waals surface area contributed by atoms with Crippen molar-refractivity contribution < 1.29 is 33.7 Å². The van der Waals surface area contributed by atoms with Crippen LogP contribution in [0.5, 0.6) is 0 Å². The maximum atomic E-state index is 13.5. The van der Waals surface area contributed by atoms with Crippen LogP contribution in [-0.2, 0) is 19.1 Å². The standard InChI is InChI=1S/C20H21ClN2O7/c1-4-28-12-7-11(19-23-22-18(29-19)9(3)24)15(21)16-14(12)17(27)20(30-16)8(2)5-10(25)6-13(20)26/h6,8-9,12,24,26H,4-5,7H2,1-3H3/t8-,9+,12?,20+/m1/s1. The highest BCUT2D eigenvalue weighted by Crippen LogP contribution is 2.52. The minimum Gasteiger partial charge on any atom is -0.507 e. The van der Waals surface area contributed by atoms with E-state index < -0.39 is 35.3 Å². The molecule has 2 heterocycles. The van der Waals surface area contributed by atoms with Gasteiger partial charge in [-0.15, -0.1) is 10.2 Å². The number of halogens is 1. The number of aliphatic hydroxyl groups is 2. The molecule has 2 aliphatic carbocycles. The van der Waals surface area contributed by atoms with E-state index in [9.17, 15) is 19.8 Å². The van der Waals surface area contributed by atoms with E-state index in [2.05, 4.69) is 10.2 Å². The van der Waals surface area contributed by atoms with E-state index in [1.807, 2.05) is 0 Å². The summed E-state index contributed by atoms with van der Waals surface area (Å²) in [5.74, 6) is -1.64. The topological polar surface area (TPSA) is 132 Å². The molecule has 0 amide bonds. The smallest absolute Gasteiger partial charge is 0.245 e. The van der Waals surface area contributed by atoms with E-state index in [1.54, 1.807) is 13.8 Å². The summed E-state index contributed by atoms with van der Waals surface area (Å²) in [6, 6.07) is 0. The van der Waals surface area contributed by atoms with Gasteiger partial charge in [0, 0.05) is 37.0 Å².